The Kier molecular flexibility index (Phi) is 6.48. The first-order valence-electron chi connectivity index (χ1n) is 9.54. The summed E-state index contributed by atoms with van der Waals surface area (Å²) in [7, 11) is 1.66. The van der Waals surface area contributed by atoms with Gasteiger partial charge >= 0.3 is 0 Å². The Balaban J connectivity index is 1.69. The van der Waals surface area contributed by atoms with Crippen molar-refractivity contribution in [2.24, 2.45) is 0 Å². The number of hydrogen-bond donors (Lipinski definition) is 1. The summed E-state index contributed by atoms with van der Waals surface area (Å²) in [6.07, 6.45) is 2.61. The molecule has 1 aromatic heterocycles. The second kappa shape index (κ2) is 9.22. The van der Waals surface area contributed by atoms with E-state index in [0.717, 1.165) is 34.1 Å². The van der Waals surface area contributed by atoms with E-state index in [2.05, 4.69) is 16.4 Å². The monoisotopic (exact) mass is 378 g/mol. The van der Waals surface area contributed by atoms with Crippen LogP contribution >= 0.6 is 0 Å². The van der Waals surface area contributed by atoms with E-state index in [1.165, 1.54) is 0 Å². The van der Waals surface area contributed by atoms with E-state index < -0.39 is 0 Å². The molecule has 0 radical (unpaired) electrons. The van der Waals surface area contributed by atoms with Gasteiger partial charge in [0.25, 0.3) is 0 Å². The second-order valence-corrected chi connectivity index (χ2v) is 6.73. The van der Waals surface area contributed by atoms with Crippen molar-refractivity contribution in [3.63, 3.8) is 0 Å². The molecule has 5 heteroatoms. The maximum atomic E-state index is 12.7. The zero-order valence-electron chi connectivity index (χ0n) is 16.6. The average Bonchev–Trinajstić information content (AvgIpc) is 2.75. The van der Waals surface area contributed by atoms with Gasteiger partial charge in [0.1, 0.15) is 5.75 Å². The minimum Gasteiger partial charge on any atom is -0.497 e. The van der Waals surface area contributed by atoms with E-state index in [9.17, 15) is 4.79 Å². The lowest BCUT2D eigenvalue weighted by Crippen LogP contribution is -2.27. The molecule has 0 aliphatic heterocycles. The van der Waals surface area contributed by atoms with Crippen LogP contribution in [0.3, 0.4) is 0 Å². The molecule has 1 amide bonds. The molecule has 0 spiro atoms. The highest BCUT2D eigenvalue weighted by molar-refractivity contribution is 5.88. The van der Waals surface area contributed by atoms with Gasteiger partial charge in [0, 0.05) is 18.3 Å². The van der Waals surface area contributed by atoms with E-state index in [4.69, 9.17) is 9.47 Å². The van der Waals surface area contributed by atoms with Crippen molar-refractivity contribution in [2.75, 3.05) is 13.7 Å². The summed E-state index contributed by atoms with van der Waals surface area (Å²) in [4.78, 5) is 16.9. The lowest BCUT2D eigenvalue weighted by Gasteiger charge is -2.15. The highest BCUT2D eigenvalue weighted by Gasteiger charge is 2.16. The average molecular weight is 378 g/mol. The molecule has 3 aromatic rings. The van der Waals surface area contributed by atoms with E-state index >= 15 is 0 Å². The predicted molar refractivity (Wildman–Crippen MR) is 111 cm³/mol. The molecule has 0 aliphatic carbocycles. The van der Waals surface area contributed by atoms with Crippen LogP contribution in [0.15, 0.2) is 54.7 Å². The zero-order valence-corrected chi connectivity index (χ0v) is 16.6. The highest BCUT2D eigenvalue weighted by Crippen LogP contribution is 2.25. The van der Waals surface area contributed by atoms with Crippen molar-refractivity contribution in [2.45, 2.75) is 32.7 Å². The van der Waals surface area contributed by atoms with Gasteiger partial charge in [-0.1, -0.05) is 37.3 Å². The molecule has 0 bridgehead atoms. The molecular weight excluding hydrogens is 352 g/mol. The van der Waals surface area contributed by atoms with Crippen LogP contribution in [-0.4, -0.2) is 24.6 Å². The van der Waals surface area contributed by atoms with Gasteiger partial charge in [0.05, 0.1) is 19.6 Å². The fraction of sp³-hybridized carbons (Fsp3) is 0.304. The van der Waals surface area contributed by atoms with Crippen molar-refractivity contribution in [1.29, 1.82) is 0 Å². The molecule has 1 atom stereocenters. The summed E-state index contributed by atoms with van der Waals surface area (Å²) in [5, 5.41) is 5.17. The lowest BCUT2D eigenvalue weighted by molar-refractivity contribution is -0.122. The van der Waals surface area contributed by atoms with E-state index in [0.29, 0.717) is 19.0 Å². The summed E-state index contributed by atoms with van der Waals surface area (Å²) in [6, 6.07) is 15.8. The summed E-state index contributed by atoms with van der Waals surface area (Å²) in [5.41, 5.74) is 1.85. The highest BCUT2D eigenvalue weighted by atomic mass is 16.5. The van der Waals surface area contributed by atoms with Gasteiger partial charge in [-0.05, 0) is 47.9 Å². The smallest absolute Gasteiger partial charge is 0.227 e. The normalized spacial score (nSPS) is 11.8. The van der Waals surface area contributed by atoms with Gasteiger partial charge in [-0.3, -0.25) is 4.79 Å². The number of methoxy groups -OCH3 is 1. The zero-order chi connectivity index (χ0) is 19.9. The molecule has 2 aromatic carbocycles. The van der Waals surface area contributed by atoms with Crippen LogP contribution in [0.1, 0.15) is 37.3 Å². The van der Waals surface area contributed by atoms with Crippen LogP contribution in [0.5, 0.6) is 11.6 Å². The van der Waals surface area contributed by atoms with Crippen molar-refractivity contribution in [1.82, 2.24) is 10.3 Å². The molecule has 1 heterocycles. The molecule has 0 saturated carbocycles. The van der Waals surface area contributed by atoms with Gasteiger partial charge in [-0.2, -0.15) is 0 Å². The number of ether oxygens (including phenoxy) is 2. The molecular formula is C23H26N2O3. The van der Waals surface area contributed by atoms with E-state index in [-0.39, 0.29) is 11.8 Å². The molecule has 0 unspecified atom stereocenters. The Labute approximate surface area is 165 Å². The Morgan fingerprint density at radius 3 is 2.71 bits per heavy atom. The van der Waals surface area contributed by atoms with Crippen LogP contribution in [-0.2, 0) is 11.3 Å². The molecule has 0 fully saturated rings. The topological polar surface area (TPSA) is 60.5 Å². The van der Waals surface area contributed by atoms with Crippen LogP contribution in [0.4, 0.5) is 0 Å². The van der Waals surface area contributed by atoms with Crippen molar-refractivity contribution >= 4 is 16.7 Å². The van der Waals surface area contributed by atoms with Gasteiger partial charge in [0.2, 0.25) is 11.8 Å². The summed E-state index contributed by atoms with van der Waals surface area (Å²) in [6.45, 7) is 4.96. The number of amides is 1. The first-order valence-corrected chi connectivity index (χ1v) is 9.54. The largest absolute Gasteiger partial charge is 0.497 e. The number of carbonyl (C=O) groups is 1. The number of carbonyl (C=O) groups excluding carboxylic acids is 1. The lowest BCUT2D eigenvalue weighted by atomic mass is 9.97. The van der Waals surface area contributed by atoms with Gasteiger partial charge < -0.3 is 14.8 Å². The third-order valence-electron chi connectivity index (χ3n) is 4.71. The minimum absolute atomic E-state index is 0.0295. The standard InChI is InChI=1S/C23H26N2O3/c1-4-12-28-23-20(6-5-11-24-23)15-25-22(26)16(2)17-7-8-19-14-21(27-3)10-9-18(19)13-17/h5-11,13-14,16H,4,12,15H2,1-3H3,(H,25,26)/t16-/m0/s1. The fourth-order valence-corrected chi connectivity index (χ4v) is 3.01. The number of benzene rings is 2. The number of aromatic nitrogens is 1. The third-order valence-corrected chi connectivity index (χ3v) is 4.71. The second-order valence-electron chi connectivity index (χ2n) is 6.73. The Bertz CT molecular complexity index is 955. The summed E-state index contributed by atoms with van der Waals surface area (Å²) >= 11 is 0. The number of nitrogens with zero attached hydrogens (tertiary/aromatic N) is 1. The van der Waals surface area contributed by atoms with E-state index in [1.54, 1.807) is 13.3 Å². The van der Waals surface area contributed by atoms with Crippen molar-refractivity contribution in [3.05, 3.63) is 65.9 Å². The van der Waals surface area contributed by atoms with E-state index in [1.807, 2.05) is 56.3 Å². The molecule has 0 saturated heterocycles. The van der Waals surface area contributed by atoms with Crippen LogP contribution in [0, 0.1) is 0 Å². The van der Waals surface area contributed by atoms with Gasteiger partial charge in [-0.15, -0.1) is 0 Å². The Morgan fingerprint density at radius 1 is 1.14 bits per heavy atom. The maximum Gasteiger partial charge on any atom is 0.227 e. The number of nitrogens with one attached hydrogen (secondary N) is 1. The van der Waals surface area contributed by atoms with Crippen molar-refractivity contribution < 1.29 is 14.3 Å². The van der Waals surface area contributed by atoms with Crippen molar-refractivity contribution in [3.8, 4) is 11.6 Å². The summed E-state index contributed by atoms with van der Waals surface area (Å²) in [5.74, 6) is 1.11. The quantitative estimate of drug-likeness (QED) is 0.629. The van der Waals surface area contributed by atoms with Crippen LogP contribution in [0.25, 0.3) is 10.8 Å². The summed E-state index contributed by atoms with van der Waals surface area (Å²) < 4.78 is 10.9. The predicted octanol–water partition coefficient (Wildman–Crippen LogP) is 4.45. The molecule has 3 rings (SSSR count). The molecule has 5 nitrogen and oxygen atoms in total. The Morgan fingerprint density at radius 2 is 1.93 bits per heavy atom. The minimum atomic E-state index is -0.261. The molecule has 0 aliphatic rings. The molecule has 146 valence electrons. The van der Waals surface area contributed by atoms with Gasteiger partial charge in [-0.25, -0.2) is 4.98 Å². The number of rotatable bonds is 8. The number of pyridine rings is 1. The van der Waals surface area contributed by atoms with Crippen LogP contribution in [0.2, 0.25) is 0 Å². The van der Waals surface area contributed by atoms with Gasteiger partial charge in [0.15, 0.2) is 0 Å². The maximum absolute atomic E-state index is 12.7. The fourth-order valence-electron chi connectivity index (χ4n) is 3.01. The molecule has 1 N–H and O–H groups in total. The SMILES string of the molecule is CCCOc1ncccc1CNC(=O)[C@@H](C)c1ccc2cc(OC)ccc2c1. The third kappa shape index (κ3) is 4.60. The first kappa shape index (κ1) is 19.7. The Hall–Kier alpha value is -3.08. The van der Waals surface area contributed by atoms with Crippen LogP contribution < -0.4 is 14.8 Å². The molecule has 28 heavy (non-hydrogen) atoms. The number of hydrogen-bond acceptors (Lipinski definition) is 4. The first-order chi connectivity index (χ1) is 13.6. The number of fused-ring (bicyclic) bond motifs is 1.